The van der Waals surface area contributed by atoms with Gasteiger partial charge in [-0.1, -0.05) is 18.2 Å². The second-order valence-corrected chi connectivity index (χ2v) is 5.55. The number of amides is 3. The summed E-state index contributed by atoms with van der Waals surface area (Å²) in [7, 11) is 0. The molecule has 24 heavy (non-hydrogen) atoms. The van der Waals surface area contributed by atoms with Crippen molar-refractivity contribution in [2.75, 3.05) is 11.4 Å². The molecule has 2 N–H and O–H groups in total. The zero-order chi connectivity index (χ0) is 17.1. The molecule has 2 aromatic rings. The Kier molecular flexibility index (Phi) is 4.33. The molecule has 1 saturated heterocycles. The van der Waals surface area contributed by atoms with Gasteiger partial charge in [0.25, 0.3) is 11.8 Å². The van der Waals surface area contributed by atoms with Gasteiger partial charge in [0.15, 0.2) is 0 Å². The molecule has 0 aliphatic carbocycles. The van der Waals surface area contributed by atoms with Crippen LogP contribution < -0.4 is 15.5 Å². The van der Waals surface area contributed by atoms with Crippen molar-refractivity contribution < 1.29 is 18.8 Å². The number of hydrogen-bond acceptors (Lipinski definition) is 4. The number of nitrogens with zero attached hydrogens (tertiary/aromatic N) is 1. The average molecular weight is 327 g/mol. The summed E-state index contributed by atoms with van der Waals surface area (Å²) in [5.74, 6) is -0.974. The van der Waals surface area contributed by atoms with Gasteiger partial charge in [-0.3, -0.25) is 14.4 Å². The Morgan fingerprint density at radius 1 is 1.25 bits per heavy atom. The summed E-state index contributed by atoms with van der Waals surface area (Å²) < 4.78 is 4.83. The van der Waals surface area contributed by atoms with Crippen LogP contribution in [0, 0.1) is 0 Å². The molecule has 0 saturated carbocycles. The van der Waals surface area contributed by atoms with Crippen molar-refractivity contribution >= 4 is 23.4 Å². The number of carbonyl (C=O) groups excluding carboxylic acids is 3. The molecule has 0 unspecified atom stereocenters. The topological polar surface area (TPSA) is 91.7 Å². The van der Waals surface area contributed by atoms with Crippen LogP contribution in [0.25, 0.3) is 0 Å². The first-order valence-electron chi connectivity index (χ1n) is 7.56. The second kappa shape index (κ2) is 6.57. The van der Waals surface area contributed by atoms with E-state index in [-0.39, 0.29) is 5.91 Å². The van der Waals surface area contributed by atoms with E-state index in [9.17, 15) is 14.4 Å². The van der Waals surface area contributed by atoms with Crippen LogP contribution in [-0.2, 0) is 9.59 Å². The number of hydrogen-bond donors (Lipinski definition) is 2. The predicted octanol–water partition coefficient (Wildman–Crippen LogP) is 0.929. The summed E-state index contributed by atoms with van der Waals surface area (Å²) in [6.07, 6.45) is 2.68. The highest BCUT2D eigenvalue weighted by molar-refractivity contribution is 6.06. The van der Waals surface area contributed by atoms with Crippen LogP contribution in [0.1, 0.15) is 17.3 Å². The molecule has 7 nitrogen and oxygen atoms in total. The molecule has 1 aliphatic heterocycles. The number of rotatable bonds is 5. The highest BCUT2D eigenvalue weighted by Crippen LogP contribution is 2.21. The van der Waals surface area contributed by atoms with E-state index in [0.717, 1.165) is 5.69 Å². The highest BCUT2D eigenvalue weighted by atomic mass is 16.3. The van der Waals surface area contributed by atoms with Gasteiger partial charge in [0, 0.05) is 5.69 Å². The molecular weight excluding hydrogens is 310 g/mol. The SMILES string of the molecule is C[C@H](NC(=O)c1ccoc1)C(=O)N[C@H]1CN(c2ccccc2)C1=O. The Balaban J connectivity index is 1.51. The third-order valence-electron chi connectivity index (χ3n) is 3.84. The average Bonchev–Trinajstić information content (AvgIpc) is 3.13. The van der Waals surface area contributed by atoms with Crippen LogP contribution >= 0.6 is 0 Å². The zero-order valence-electron chi connectivity index (χ0n) is 13.1. The molecule has 2 atom stereocenters. The minimum atomic E-state index is -0.758. The lowest BCUT2D eigenvalue weighted by Crippen LogP contribution is -2.65. The summed E-state index contributed by atoms with van der Waals surface area (Å²) in [5, 5.41) is 5.21. The van der Waals surface area contributed by atoms with Crippen molar-refractivity contribution in [2.24, 2.45) is 0 Å². The molecule has 1 aromatic heterocycles. The molecule has 124 valence electrons. The lowest BCUT2D eigenvalue weighted by Gasteiger charge is -2.39. The monoisotopic (exact) mass is 327 g/mol. The fourth-order valence-corrected chi connectivity index (χ4v) is 2.41. The van der Waals surface area contributed by atoms with E-state index < -0.39 is 23.9 Å². The van der Waals surface area contributed by atoms with E-state index in [2.05, 4.69) is 10.6 Å². The first-order chi connectivity index (χ1) is 11.6. The maximum Gasteiger partial charge on any atom is 0.255 e. The summed E-state index contributed by atoms with van der Waals surface area (Å²) >= 11 is 0. The van der Waals surface area contributed by atoms with Gasteiger partial charge in [0.05, 0.1) is 18.4 Å². The van der Waals surface area contributed by atoms with Crippen LogP contribution in [-0.4, -0.2) is 36.3 Å². The van der Waals surface area contributed by atoms with Gasteiger partial charge >= 0.3 is 0 Å². The molecule has 1 aliphatic rings. The van der Waals surface area contributed by atoms with Gasteiger partial charge < -0.3 is 20.0 Å². The summed E-state index contributed by atoms with van der Waals surface area (Å²) in [5.41, 5.74) is 1.14. The number of furan rings is 1. The lowest BCUT2D eigenvalue weighted by molar-refractivity contribution is -0.131. The minimum absolute atomic E-state index is 0.164. The number of benzene rings is 1. The molecule has 2 heterocycles. The molecule has 3 rings (SSSR count). The highest BCUT2D eigenvalue weighted by Gasteiger charge is 2.39. The van der Waals surface area contributed by atoms with Gasteiger partial charge in [0.1, 0.15) is 18.3 Å². The maximum atomic E-state index is 12.1. The van der Waals surface area contributed by atoms with E-state index in [1.165, 1.54) is 18.6 Å². The van der Waals surface area contributed by atoms with Crippen LogP contribution in [0.5, 0.6) is 0 Å². The van der Waals surface area contributed by atoms with E-state index in [0.29, 0.717) is 12.1 Å². The normalized spacial score (nSPS) is 17.8. The van der Waals surface area contributed by atoms with Crippen molar-refractivity contribution in [2.45, 2.75) is 19.0 Å². The smallest absolute Gasteiger partial charge is 0.255 e. The number of β-lactam (4-membered cyclic amide) rings is 1. The first-order valence-corrected chi connectivity index (χ1v) is 7.56. The van der Waals surface area contributed by atoms with Crippen LogP contribution in [0.3, 0.4) is 0 Å². The van der Waals surface area contributed by atoms with Crippen LogP contribution in [0.2, 0.25) is 0 Å². The Morgan fingerprint density at radius 3 is 2.62 bits per heavy atom. The van der Waals surface area contributed by atoms with E-state index in [1.54, 1.807) is 11.8 Å². The number of para-hydroxylation sites is 1. The third kappa shape index (κ3) is 3.15. The third-order valence-corrected chi connectivity index (χ3v) is 3.84. The Labute approximate surface area is 138 Å². The maximum absolute atomic E-state index is 12.1. The summed E-state index contributed by atoms with van der Waals surface area (Å²) in [6.45, 7) is 1.97. The van der Waals surface area contributed by atoms with Crippen molar-refractivity contribution in [3.63, 3.8) is 0 Å². The quantitative estimate of drug-likeness (QED) is 0.799. The fourth-order valence-electron chi connectivity index (χ4n) is 2.41. The standard InChI is InChI=1S/C17H17N3O4/c1-11(18-16(22)12-7-8-24-10-12)15(21)19-14-9-20(17(14)23)13-5-3-2-4-6-13/h2-8,10-11,14H,9H2,1H3,(H,18,22)(H,19,21)/t11-,14-/m0/s1. The van der Waals surface area contributed by atoms with Crippen molar-refractivity contribution in [3.8, 4) is 0 Å². The number of nitrogens with one attached hydrogen (secondary N) is 2. The number of carbonyl (C=O) groups is 3. The molecule has 1 fully saturated rings. The lowest BCUT2D eigenvalue weighted by atomic mass is 10.1. The van der Waals surface area contributed by atoms with E-state index >= 15 is 0 Å². The van der Waals surface area contributed by atoms with Crippen molar-refractivity contribution in [3.05, 3.63) is 54.5 Å². The Bertz CT molecular complexity index is 742. The van der Waals surface area contributed by atoms with Crippen LogP contribution in [0.15, 0.2) is 53.3 Å². The molecule has 0 radical (unpaired) electrons. The molecule has 0 bridgehead atoms. The molecule has 7 heteroatoms. The van der Waals surface area contributed by atoms with E-state index in [4.69, 9.17) is 4.42 Å². The van der Waals surface area contributed by atoms with Gasteiger partial charge in [-0.25, -0.2) is 0 Å². The second-order valence-electron chi connectivity index (χ2n) is 5.55. The summed E-state index contributed by atoms with van der Waals surface area (Å²) in [4.78, 5) is 37.7. The van der Waals surface area contributed by atoms with Gasteiger partial charge in [-0.2, -0.15) is 0 Å². The van der Waals surface area contributed by atoms with Gasteiger partial charge in [-0.05, 0) is 25.1 Å². The molecule has 3 amide bonds. The van der Waals surface area contributed by atoms with Gasteiger partial charge in [0.2, 0.25) is 5.91 Å². The predicted molar refractivity (Wildman–Crippen MR) is 86.4 cm³/mol. The zero-order valence-corrected chi connectivity index (χ0v) is 13.1. The largest absolute Gasteiger partial charge is 0.472 e. The fraction of sp³-hybridized carbons (Fsp3) is 0.235. The van der Waals surface area contributed by atoms with Gasteiger partial charge in [-0.15, -0.1) is 0 Å². The molecule has 0 spiro atoms. The summed E-state index contributed by atoms with van der Waals surface area (Å²) in [6, 6.07) is 9.43. The van der Waals surface area contributed by atoms with Crippen molar-refractivity contribution in [1.29, 1.82) is 0 Å². The van der Waals surface area contributed by atoms with Crippen LogP contribution in [0.4, 0.5) is 5.69 Å². The first kappa shape index (κ1) is 15.8. The minimum Gasteiger partial charge on any atom is -0.472 e. The Hall–Kier alpha value is -3.09. The molecule has 1 aromatic carbocycles. The number of anilines is 1. The van der Waals surface area contributed by atoms with E-state index in [1.807, 2.05) is 30.3 Å². The van der Waals surface area contributed by atoms with Crippen molar-refractivity contribution in [1.82, 2.24) is 10.6 Å². The Morgan fingerprint density at radius 2 is 2.00 bits per heavy atom. The molecular formula is C17H17N3O4.